The first-order valence-electron chi connectivity index (χ1n) is 9.05. The van der Waals surface area contributed by atoms with Gasteiger partial charge in [-0.25, -0.2) is 4.68 Å². The van der Waals surface area contributed by atoms with Crippen LogP contribution in [-0.4, -0.2) is 41.6 Å². The van der Waals surface area contributed by atoms with E-state index in [4.69, 9.17) is 20.6 Å². The number of carbonyl (C=O) groups excluding carboxylic acids is 1. The van der Waals surface area contributed by atoms with Gasteiger partial charge >= 0.3 is 7.60 Å². The number of amides is 1. The Morgan fingerprint density at radius 2 is 2.00 bits per heavy atom. The molecule has 0 bridgehead atoms. The summed E-state index contributed by atoms with van der Waals surface area (Å²) in [6.45, 7) is 11.8. The summed E-state index contributed by atoms with van der Waals surface area (Å²) in [4.78, 5) is 14.4. The fourth-order valence-corrected chi connectivity index (χ4v) is 4.20. The number of carbonyl (C=O) groups is 1. The molecule has 7 nitrogen and oxygen atoms in total. The molecule has 0 saturated heterocycles. The zero-order valence-corrected chi connectivity index (χ0v) is 18.1. The van der Waals surface area contributed by atoms with Crippen LogP contribution in [0, 0.1) is 0 Å². The van der Waals surface area contributed by atoms with Crippen LogP contribution in [0.15, 0.2) is 24.9 Å². The van der Waals surface area contributed by atoms with Crippen LogP contribution in [0.2, 0.25) is 5.15 Å². The predicted molar refractivity (Wildman–Crippen MR) is 110 cm³/mol. The molecule has 0 aliphatic carbocycles. The topological polar surface area (TPSA) is 73.7 Å². The molecule has 1 amide bonds. The van der Waals surface area contributed by atoms with Gasteiger partial charge in [-0.2, -0.15) is 5.10 Å². The smallest absolute Gasteiger partial charge is 0.309 e. The van der Waals surface area contributed by atoms with Gasteiger partial charge in [0.15, 0.2) is 5.15 Å². The summed E-state index contributed by atoms with van der Waals surface area (Å²) < 4.78 is 24.8. The average molecular weight is 418 g/mol. The van der Waals surface area contributed by atoms with E-state index in [1.54, 1.807) is 36.9 Å². The van der Waals surface area contributed by atoms with E-state index in [0.717, 1.165) is 18.5 Å². The van der Waals surface area contributed by atoms with Gasteiger partial charge in [0.1, 0.15) is 11.8 Å². The Labute approximate surface area is 166 Å². The lowest BCUT2D eigenvalue weighted by molar-refractivity contribution is -0.116. The molecule has 1 rings (SSSR count). The van der Waals surface area contributed by atoms with Gasteiger partial charge in [0, 0.05) is 12.2 Å². The third-order valence-electron chi connectivity index (χ3n) is 3.68. The number of hydrogen-bond acceptors (Lipinski definition) is 5. The molecule has 1 heterocycles. The second-order valence-corrected chi connectivity index (χ2v) is 8.21. The molecule has 152 valence electrons. The van der Waals surface area contributed by atoms with Crippen molar-refractivity contribution in [1.82, 2.24) is 9.78 Å². The van der Waals surface area contributed by atoms with Crippen LogP contribution in [0.5, 0.6) is 0 Å². The van der Waals surface area contributed by atoms with Crippen molar-refractivity contribution >= 4 is 36.5 Å². The zero-order valence-electron chi connectivity index (χ0n) is 16.5. The molecular formula is C18H29ClN3O4P. The normalized spacial score (nSPS) is 12.3. The van der Waals surface area contributed by atoms with Gasteiger partial charge in [0.25, 0.3) is 0 Å². The number of allylic oxidation sites excluding steroid dienone is 3. The molecule has 1 aromatic heterocycles. The maximum Gasteiger partial charge on any atom is 0.340 e. The van der Waals surface area contributed by atoms with Crippen LogP contribution >= 0.6 is 19.2 Å². The summed E-state index contributed by atoms with van der Waals surface area (Å²) in [5, 5.41) is 4.44. The van der Waals surface area contributed by atoms with Crippen molar-refractivity contribution in [2.75, 3.05) is 30.8 Å². The van der Waals surface area contributed by atoms with Crippen molar-refractivity contribution in [3.63, 3.8) is 0 Å². The Hall–Kier alpha value is -1.40. The highest BCUT2D eigenvalue weighted by Gasteiger charge is 2.32. The standard InChI is InChI=1S/C18H29ClN3O4P/c1-6-10-12-21(17(23)14-27(24,25-8-3)26-9-4)16-13-22(20-18(16)19)15(5)11-7-2/h7,11,13H,2,6,8-10,12,14H2,1,3-5H3. The van der Waals surface area contributed by atoms with Crippen LogP contribution in [0.3, 0.4) is 0 Å². The second kappa shape index (κ2) is 11.4. The van der Waals surface area contributed by atoms with Gasteiger partial charge in [-0.05, 0) is 33.3 Å². The minimum absolute atomic E-state index is 0.193. The van der Waals surface area contributed by atoms with E-state index in [9.17, 15) is 9.36 Å². The molecule has 0 spiro atoms. The molecule has 0 aliphatic rings. The summed E-state index contributed by atoms with van der Waals surface area (Å²) >= 11 is 6.29. The molecule has 0 saturated carbocycles. The third-order valence-corrected chi connectivity index (χ3v) is 5.91. The van der Waals surface area contributed by atoms with E-state index in [1.165, 1.54) is 4.90 Å². The van der Waals surface area contributed by atoms with E-state index in [2.05, 4.69) is 11.7 Å². The Balaban J connectivity index is 3.18. The van der Waals surface area contributed by atoms with E-state index in [0.29, 0.717) is 12.2 Å². The molecule has 0 aromatic carbocycles. The van der Waals surface area contributed by atoms with Gasteiger partial charge in [0.05, 0.1) is 19.4 Å². The number of unbranched alkanes of at least 4 members (excludes halogenated alkanes) is 1. The SMILES string of the molecule is C=CC=C(C)n1cc(N(CCCC)C(=O)CP(=O)(OCC)OCC)c(Cl)n1. The molecule has 0 N–H and O–H groups in total. The van der Waals surface area contributed by atoms with E-state index in [-0.39, 0.29) is 30.4 Å². The summed E-state index contributed by atoms with van der Waals surface area (Å²) in [5.41, 5.74) is 1.27. The maximum absolute atomic E-state index is 12.9. The molecule has 9 heteroatoms. The van der Waals surface area contributed by atoms with Gasteiger partial charge < -0.3 is 13.9 Å². The van der Waals surface area contributed by atoms with Gasteiger partial charge in [-0.15, -0.1) is 0 Å². The number of anilines is 1. The summed E-state index contributed by atoms with van der Waals surface area (Å²) in [5.74, 6) is -0.375. The van der Waals surface area contributed by atoms with Crippen LogP contribution in [0.4, 0.5) is 5.69 Å². The Morgan fingerprint density at radius 1 is 1.37 bits per heavy atom. The molecule has 0 radical (unpaired) electrons. The van der Waals surface area contributed by atoms with Crippen molar-refractivity contribution in [1.29, 1.82) is 0 Å². The van der Waals surface area contributed by atoms with Gasteiger partial charge in [-0.1, -0.05) is 37.6 Å². The first kappa shape index (κ1) is 23.6. The number of rotatable bonds is 12. The fraction of sp³-hybridized carbons (Fsp3) is 0.556. The second-order valence-electron chi connectivity index (χ2n) is 5.80. The van der Waals surface area contributed by atoms with Crippen LogP contribution < -0.4 is 4.90 Å². The number of nitrogens with zero attached hydrogens (tertiary/aromatic N) is 3. The lowest BCUT2D eigenvalue weighted by Gasteiger charge is -2.24. The van der Waals surface area contributed by atoms with E-state index >= 15 is 0 Å². The van der Waals surface area contributed by atoms with Gasteiger partial charge in [0.2, 0.25) is 5.91 Å². The Morgan fingerprint density at radius 3 is 2.52 bits per heavy atom. The highest BCUT2D eigenvalue weighted by molar-refractivity contribution is 7.54. The van der Waals surface area contributed by atoms with Crippen LogP contribution in [-0.2, 0) is 18.4 Å². The van der Waals surface area contributed by atoms with Crippen molar-refractivity contribution in [3.05, 3.63) is 30.1 Å². The molecule has 27 heavy (non-hydrogen) atoms. The largest absolute Gasteiger partial charge is 0.340 e. The summed E-state index contributed by atoms with van der Waals surface area (Å²) in [6, 6.07) is 0. The summed E-state index contributed by atoms with van der Waals surface area (Å²) in [6.07, 6.45) is 6.41. The van der Waals surface area contributed by atoms with E-state index < -0.39 is 7.60 Å². The van der Waals surface area contributed by atoms with Crippen LogP contribution in [0.1, 0.15) is 40.5 Å². The lowest BCUT2D eigenvalue weighted by atomic mass is 10.3. The Bertz CT molecular complexity index is 707. The van der Waals surface area contributed by atoms with Crippen LogP contribution in [0.25, 0.3) is 5.70 Å². The molecular weight excluding hydrogens is 389 g/mol. The van der Waals surface area contributed by atoms with E-state index in [1.807, 2.05) is 13.8 Å². The number of hydrogen-bond donors (Lipinski definition) is 0. The predicted octanol–water partition coefficient (Wildman–Crippen LogP) is 4.98. The molecule has 1 aromatic rings. The molecule has 0 aliphatic heterocycles. The third kappa shape index (κ3) is 6.92. The molecule has 0 unspecified atom stereocenters. The molecule has 0 fully saturated rings. The zero-order chi connectivity index (χ0) is 20.4. The van der Waals surface area contributed by atoms with Gasteiger partial charge in [-0.3, -0.25) is 9.36 Å². The monoisotopic (exact) mass is 417 g/mol. The summed E-state index contributed by atoms with van der Waals surface area (Å²) in [7, 11) is -3.51. The van der Waals surface area contributed by atoms with Crippen molar-refractivity contribution < 1.29 is 18.4 Å². The fourth-order valence-electron chi connectivity index (χ4n) is 2.42. The maximum atomic E-state index is 12.9. The first-order chi connectivity index (χ1) is 12.8. The molecule has 0 atom stereocenters. The minimum Gasteiger partial charge on any atom is -0.309 e. The van der Waals surface area contributed by atoms with Crippen molar-refractivity contribution in [2.45, 2.75) is 40.5 Å². The highest BCUT2D eigenvalue weighted by Crippen LogP contribution is 2.48. The van der Waals surface area contributed by atoms with Crippen molar-refractivity contribution in [3.8, 4) is 0 Å². The minimum atomic E-state index is -3.51. The Kier molecular flexibility index (Phi) is 10.0. The quantitative estimate of drug-likeness (QED) is 0.354. The lowest BCUT2D eigenvalue weighted by Crippen LogP contribution is -2.34. The van der Waals surface area contributed by atoms with Crippen molar-refractivity contribution in [2.24, 2.45) is 0 Å². The number of aromatic nitrogens is 2. The first-order valence-corrected chi connectivity index (χ1v) is 11.2. The highest BCUT2D eigenvalue weighted by atomic mass is 35.5. The average Bonchev–Trinajstić information content (AvgIpc) is 2.97. The number of halogens is 1.